The van der Waals surface area contributed by atoms with Crippen molar-refractivity contribution in [3.63, 3.8) is 0 Å². The Morgan fingerprint density at radius 1 is 1.40 bits per heavy atom. The highest BCUT2D eigenvalue weighted by atomic mass is 16.6. The molecule has 0 aromatic carbocycles. The monoisotopic (exact) mass is 286 g/mol. The van der Waals surface area contributed by atoms with Crippen LogP contribution < -0.4 is 5.32 Å². The summed E-state index contributed by atoms with van der Waals surface area (Å²) in [7, 11) is 0. The average Bonchev–Trinajstić information content (AvgIpc) is 2.52. The summed E-state index contributed by atoms with van der Waals surface area (Å²) < 4.78 is 5.42. The van der Waals surface area contributed by atoms with E-state index >= 15 is 0 Å². The van der Waals surface area contributed by atoms with E-state index in [1.807, 2.05) is 25.7 Å². The molecule has 5 heteroatoms. The molecule has 2 unspecified atom stereocenters. The van der Waals surface area contributed by atoms with E-state index < -0.39 is 5.60 Å². The number of rotatable bonds is 4. The van der Waals surface area contributed by atoms with Crippen LogP contribution in [0.3, 0.4) is 0 Å². The molecule has 1 aliphatic rings. The Balaban J connectivity index is 2.41. The van der Waals surface area contributed by atoms with Crippen LogP contribution in [0.5, 0.6) is 0 Å². The highest BCUT2D eigenvalue weighted by Gasteiger charge is 2.25. The van der Waals surface area contributed by atoms with E-state index in [4.69, 9.17) is 9.84 Å². The van der Waals surface area contributed by atoms with Crippen LogP contribution in [0.4, 0.5) is 4.79 Å². The smallest absolute Gasteiger partial charge is 0.410 e. The SMILES string of the molecule is CC(CCO)NC1CCCN(C(=O)OC(C)(C)C)CC1. The number of ether oxygens (including phenoxy) is 1. The van der Waals surface area contributed by atoms with Gasteiger partial charge in [0.15, 0.2) is 0 Å². The predicted octanol–water partition coefficient (Wildman–Crippen LogP) is 2.14. The minimum Gasteiger partial charge on any atom is -0.444 e. The third-order valence-corrected chi connectivity index (χ3v) is 3.46. The Morgan fingerprint density at radius 3 is 2.70 bits per heavy atom. The molecule has 20 heavy (non-hydrogen) atoms. The molecule has 0 radical (unpaired) electrons. The van der Waals surface area contributed by atoms with Crippen molar-refractivity contribution in [1.29, 1.82) is 0 Å². The number of carbonyl (C=O) groups is 1. The summed E-state index contributed by atoms with van der Waals surface area (Å²) in [6.07, 6.45) is 3.56. The van der Waals surface area contributed by atoms with Crippen LogP contribution >= 0.6 is 0 Å². The maximum absolute atomic E-state index is 12.0. The summed E-state index contributed by atoms with van der Waals surface area (Å²) >= 11 is 0. The van der Waals surface area contributed by atoms with Crippen molar-refractivity contribution >= 4 is 6.09 Å². The molecule has 118 valence electrons. The highest BCUT2D eigenvalue weighted by Crippen LogP contribution is 2.16. The van der Waals surface area contributed by atoms with E-state index in [1.165, 1.54) is 0 Å². The highest BCUT2D eigenvalue weighted by molar-refractivity contribution is 5.68. The molecular weight excluding hydrogens is 256 g/mol. The Morgan fingerprint density at radius 2 is 2.10 bits per heavy atom. The van der Waals surface area contributed by atoms with Gasteiger partial charge in [0.1, 0.15) is 5.60 Å². The quantitative estimate of drug-likeness (QED) is 0.831. The molecule has 0 aromatic rings. The summed E-state index contributed by atoms with van der Waals surface area (Å²) in [4.78, 5) is 13.9. The van der Waals surface area contributed by atoms with E-state index in [0.29, 0.717) is 12.1 Å². The largest absolute Gasteiger partial charge is 0.444 e. The molecule has 2 atom stereocenters. The van der Waals surface area contributed by atoms with Crippen LogP contribution in [0.1, 0.15) is 53.4 Å². The van der Waals surface area contributed by atoms with Gasteiger partial charge >= 0.3 is 6.09 Å². The Bertz CT molecular complexity index is 302. The number of aliphatic hydroxyl groups is 1. The van der Waals surface area contributed by atoms with Crippen LogP contribution in [-0.2, 0) is 4.74 Å². The number of aliphatic hydroxyl groups excluding tert-OH is 1. The molecular formula is C15H30N2O3. The molecule has 1 rings (SSSR count). The van der Waals surface area contributed by atoms with Gasteiger partial charge in [-0.15, -0.1) is 0 Å². The van der Waals surface area contributed by atoms with E-state index in [1.54, 1.807) is 0 Å². The lowest BCUT2D eigenvalue weighted by Gasteiger charge is -2.26. The van der Waals surface area contributed by atoms with Crippen LogP contribution in [0, 0.1) is 0 Å². The molecule has 1 saturated heterocycles. The molecule has 5 nitrogen and oxygen atoms in total. The number of hydrogen-bond donors (Lipinski definition) is 2. The molecule has 1 aliphatic heterocycles. The first-order chi connectivity index (χ1) is 9.31. The van der Waals surface area contributed by atoms with E-state index in [0.717, 1.165) is 38.8 Å². The summed E-state index contributed by atoms with van der Waals surface area (Å²) in [6, 6.07) is 0.738. The second-order valence-electron chi connectivity index (χ2n) is 6.68. The van der Waals surface area contributed by atoms with Gasteiger partial charge < -0.3 is 20.1 Å². The van der Waals surface area contributed by atoms with Crippen molar-refractivity contribution in [1.82, 2.24) is 10.2 Å². The van der Waals surface area contributed by atoms with Gasteiger partial charge in [-0.05, 0) is 53.4 Å². The summed E-state index contributed by atoms with van der Waals surface area (Å²) in [5, 5.41) is 12.5. The van der Waals surface area contributed by atoms with Crippen molar-refractivity contribution in [2.24, 2.45) is 0 Å². The summed E-state index contributed by atoms with van der Waals surface area (Å²) in [6.45, 7) is 9.48. The molecule has 1 heterocycles. The van der Waals surface area contributed by atoms with E-state index in [9.17, 15) is 4.79 Å². The molecule has 0 saturated carbocycles. The molecule has 2 N–H and O–H groups in total. The van der Waals surface area contributed by atoms with Gasteiger partial charge in [-0.2, -0.15) is 0 Å². The molecule has 0 aliphatic carbocycles. The van der Waals surface area contributed by atoms with Crippen molar-refractivity contribution in [3.05, 3.63) is 0 Å². The molecule has 1 fully saturated rings. The number of nitrogens with one attached hydrogen (secondary N) is 1. The maximum atomic E-state index is 12.0. The normalized spacial score (nSPS) is 22.2. The lowest BCUT2D eigenvalue weighted by Crippen LogP contribution is -2.39. The second kappa shape index (κ2) is 7.84. The minimum atomic E-state index is -0.434. The van der Waals surface area contributed by atoms with Gasteiger partial charge in [0, 0.05) is 31.8 Å². The van der Waals surface area contributed by atoms with Crippen molar-refractivity contribution in [2.75, 3.05) is 19.7 Å². The Kier molecular flexibility index (Phi) is 6.76. The third-order valence-electron chi connectivity index (χ3n) is 3.46. The summed E-state index contributed by atoms with van der Waals surface area (Å²) in [5.74, 6) is 0. The van der Waals surface area contributed by atoms with Crippen molar-refractivity contribution in [2.45, 2.75) is 71.1 Å². The first-order valence-electron chi connectivity index (χ1n) is 7.66. The maximum Gasteiger partial charge on any atom is 0.410 e. The Labute approximate surface area is 122 Å². The zero-order valence-electron chi connectivity index (χ0n) is 13.3. The Hall–Kier alpha value is -0.810. The molecule has 0 bridgehead atoms. The van der Waals surface area contributed by atoms with Crippen LogP contribution in [0.2, 0.25) is 0 Å². The number of likely N-dealkylation sites (tertiary alicyclic amines) is 1. The molecule has 0 aromatic heterocycles. The van der Waals surface area contributed by atoms with Crippen LogP contribution in [-0.4, -0.2) is 53.5 Å². The third kappa shape index (κ3) is 6.57. The standard InChI is InChI=1S/C15H30N2O3/c1-12(8-11-18)16-13-6-5-9-17(10-7-13)14(19)20-15(2,3)4/h12-13,16,18H,5-11H2,1-4H3. The lowest BCUT2D eigenvalue weighted by molar-refractivity contribution is 0.0256. The fourth-order valence-corrected chi connectivity index (χ4v) is 2.45. The number of hydrogen-bond acceptors (Lipinski definition) is 4. The number of nitrogens with zero attached hydrogens (tertiary/aromatic N) is 1. The number of carbonyl (C=O) groups excluding carboxylic acids is 1. The first kappa shape index (κ1) is 17.2. The minimum absolute atomic E-state index is 0.207. The van der Waals surface area contributed by atoms with Crippen molar-refractivity contribution < 1.29 is 14.6 Å². The van der Waals surface area contributed by atoms with Crippen LogP contribution in [0.25, 0.3) is 0 Å². The van der Waals surface area contributed by atoms with Gasteiger partial charge in [0.05, 0.1) is 0 Å². The van der Waals surface area contributed by atoms with Gasteiger partial charge in [0.2, 0.25) is 0 Å². The van der Waals surface area contributed by atoms with E-state index in [2.05, 4.69) is 12.2 Å². The second-order valence-corrected chi connectivity index (χ2v) is 6.68. The average molecular weight is 286 g/mol. The number of amides is 1. The van der Waals surface area contributed by atoms with Gasteiger partial charge in [-0.1, -0.05) is 0 Å². The van der Waals surface area contributed by atoms with Crippen molar-refractivity contribution in [3.8, 4) is 0 Å². The zero-order valence-corrected chi connectivity index (χ0v) is 13.3. The fraction of sp³-hybridized carbons (Fsp3) is 0.933. The predicted molar refractivity (Wildman–Crippen MR) is 79.7 cm³/mol. The molecule has 1 amide bonds. The fourth-order valence-electron chi connectivity index (χ4n) is 2.45. The van der Waals surface area contributed by atoms with Gasteiger partial charge in [-0.25, -0.2) is 4.79 Å². The topological polar surface area (TPSA) is 61.8 Å². The van der Waals surface area contributed by atoms with Crippen LogP contribution in [0.15, 0.2) is 0 Å². The lowest BCUT2D eigenvalue weighted by atomic mass is 10.1. The first-order valence-corrected chi connectivity index (χ1v) is 7.66. The summed E-state index contributed by atoms with van der Waals surface area (Å²) in [5.41, 5.74) is -0.434. The van der Waals surface area contributed by atoms with Gasteiger partial charge in [-0.3, -0.25) is 0 Å². The molecule has 0 spiro atoms. The van der Waals surface area contributed by atoms with E-state index in [-0.39, 0.29) is 12.7 Å². The van der Waals surface area contributed by atoms with Gasteiger partial charge in [0.25, 0.3) is 0 Å². The zero-order chi connectivity index (χ0) is 15.2.